The SMILES string of the molecule is Cl.N[C@@H]1C[C@H]1c1cccc(C(=O)NC2CCCC2)c1. The second-order valence-corrected chi connectivity index (χ2v) is 5.59. The number of halogens is 1. The largest absolute Gasteiger partial charge is 0.349 e. The predicted molar refractivity (Wildman–Crippen MR) is 78.7 cm³/mol. The van der Waals surface area contributed by atoms with Crippen molar-refractivity contribution in [3.63, 3.8) is 0 Å². The van der Waals surface area contributed by atoms with Crippen LogP contribution in [0.4, 0.5) is 0 Å². The molecule has 1 aromatic rings. The van der Waals surface area contributed by atoms with Crippen LogP contribution >= 0.6 is 12.4 Å². The Bertz CT molecular complexity index is 457. The zero-order chi connectivity index (χ0) is 12.5. The standard InChI is InChI=1S/C15H20N2O.ClH/c16-14-9-13(14)10-4-3-5-11(8-10)15(18)17-12-6-1-2-7-12;/h3-5,8,12-14H,1-2,6-7,9,16H2,(H,17,18);1H/t13-,14+;/m0./s1. The molecule has 3 N–H and O–H groups in total. The average Bonchev–Trinajstić information content (AvgIpc) is 2.89. The summed E-state index contributed by atoms with van der Waals surface area (Å²) in [6.45, 7) is 0. The fourth-order valence-corrected chi connectivity index (χ4v) is 2.85. The van der Waals surface area contributed by atoms with E-state index in [-0.39, 0.29) is 24.4 Å². The van der Waals surface area contributed by atoms with Crippen LogP contribution in [0.25, 0.3) is 0 Å². The van der Waals surface area contributed by atoms with E-state index >= 15 is 0 Å². The number of hydrogen-bond acceptors (Lipinski definition) is 2. The fourth-order valence-electron chi connectivity index (χ4n) is 2.85. The third-order valence-corrected chi connectivity index (χ3v) is 4.11. The van der Waals surface area contributed by atoms with Crippen LogP contribution in [0.5, 0.6) is 0 Å². The van der Waals surface area contributed by atoms with Gasteiger partial charge in [-0.3, -0.25) is 4.79 Å². The van der Waals surface area contributed by atoms with E-state index in [0.29, 0.717) is 12.0 Å². The lowest BCUT2D eigenvalue weighted by molar-refractivity contribution is 0.0938. The van der Waals surface area contributed by atoms with E-state index in [2.05, 4.69) is 11.4 Å². The highest BCUT2D eigenvalue weighted by Gasteiger charge is 2.35. The number of amides is 1. The van der Waals surface area contributed by atoms with Crippen molar-refractivity contribution in [2.45, 2.75) is 50.1 Å². The van der Waals surface area contributed by atoms with Crippen LogP contribution in [0.1, 0.15) is 53.9 Å². The summed E-state index contributed by atoms with van der Waals surface area (Å²) in [4.78, 5) is 12.1. The molecule has 0 heterocycles. The number of hydrogen-bond donors (Lipinski definition) is 2. The van der Waals surface area contributed by atoms with Crippen LogP contribution in [-0.2, 0) is 0 Å². The van der Waals surface area contributed by atoms with Crippen molar-refractivity contribution >= 4 is 18.3 Å². The number of carbonyl (C=O) groups excluding carboxylic acids is 1. The number of nitrogens with two attached hydrogens (primary N) is 1. The summed E-state index contributed by atoms with van der Waals surface area (Å²) in [5.41, 5.74) is 7.84. The maximum atomic E-state index is 12.1. The molecule has 3 nitrogen and oxygen atoms in total. The average molecular weight is 281 g/mol. The van der Waals surface area contributed by atoms with Gasteiger partial charge < -0.3 is 11.1 Å². The van der Waals surface area contributed by atoms with Crippen LogP contribution in [-0.4, -0.2) is 18.0 Å². The van der Waals surface area contributed by atoms with E-state index in [1.165, 1.54) is 18.4 Å². The third kappa shape index (κ3) is 3.28. The van der Waals surface area contributed by atoms with E-state index in [0.717, 1.165) is 24.8 Å². The lowest BCUT2D eigenvalue weighted by Crippen LogP contribution is -2.32. The molecule has 19 heavy (non-hydrogen) atoms. The van der Waals surface area contributed by atoms with E-state index in [9.17, 15) is 4.79 Å². The number of nitrogens with one attached hydrogen (secondary N) is 1. The van der Waals surface area contributed by atoms with Gasteiger partial charge in [-0.25, -0.2) is 0 Å². The highest BCUT2D eigenvalue weighted by molar-refractivity contribution is 5.94. The Morgan fingerprint density at radius 2 is 1.95 bits per heavy atom. The van der Waals surface area contributed by atoms with E-state index < -0.39 is 0 Å². The molecule has 0 aromatic heterocycles. The summed E-state index contributed by atoms with van der Waals surface area (Å²) < 4.78 is 0. The number of carbonyl (C=O) groups is 1. The number of rotatable bonds is 3. The third-order valence-electron chi connectivity index (χ3n) is 4.11. The molecule has 0 bridgehead atoms. The van der Waals surface area contributed by atoms with Crippen molar-refractivity contribution in [1.82, 2.24) is 5.32 Å². The van der Waals surface area contributed by atoms with Gasteiger partial charge in [-0.05, 0) is 37.0 Å². The van der Waals surface area contributed by atoms with Crippen LogP contribution in [0.15, 0.2) is 24.3 Å². The number of benzene rings is 1. The van der Waals surface area contributed by atoms with Gasteiger partial charge in [0.2, 0.25) is 0 Å². The normalized spacial score (nSPS) is 25.7. The van der Waals surface area contributed by atoms with Crippen LogP contribution in [0.2, 0.25) is 0 Å². The van der Waals surface area contributed by atoms with Gasteiger partial charge in [0.1, 0.15) is 0 Å². The van der Waals surface area contributed by atoms with Crippen LogP contribution in [0, 0.1) is 0 Å². The van der Waals surface area contributed by atoms with Gasteiger partial charge in [0, 0.05) is 23.6 Å². The van der Waals surface area contributed by atoms with Crippen LogP contribution in [0.3, 0.4) is 0 Å². The Morgan fingerprint density at radius 1 is 1.26 bits per heavy atom. The van der Waals surface area contributed by atoms with Gasteiger partial charge in [-0.1, -0.05) is 25.0 Å². The molecule has 0 radical (unpaired) electrons. The van der Waals surface area contributed by atoms with Crippen molar-refractivity contribution in [2.75, 3.05) is 0 Å². The molecule has 2 fully saturated rings. The zero-order valence-electron chi connectivity index (χ0n) is 11.0. The summed E-state index contributed by atoms with van der Waals surface area (Å²) in [5.74, 6) is 0.530. The van der Waals surface area contributed by atoms with Gasteiger partial charge in [0.05, 0.1) is 0 Å². The molecule has 0 aliphatic heterocycles. The minimum absolute atomic E-state index is 0. The molecule has 1 aromatic carbocycles. The molecular formula is C15H21ClN2O. The molecule has 2 atom stereocenters. The lowest BCUT2D eigenvalue weighted by Gasteiger charge is -2.12. The summed E-state index contributed by atoms with van der Waals surface area (Å²) >= 11 is 0. The van der Waals surface area contributed by atoms with Gasteiger partial charge in [0.25, 0.3) is 5.91 Å². The minimum atomic E-state index is 0. The monoisotopic (exact) mass is 280 g/mol. The first-order chi connectivity index (χ1) is 8.74. The first-order valence-electron chi connectivity index (χ1n) is 6.90. The Morgan fingerprint density at radius 3 is 2.58 bits per heavy atom. The van der Waals surface area contributed by atoms with Crippen molar-refractivity contribution in [3.8, 4) is 0 Å². The summed E-state index contributed by atoms with van der Waals surface area (Å²) in [6, 6.07) is 8.60. The first-order valence-corrected chi connectivity index (χ1v) is 6.90. The second-order valence-electron chi connectivity index (χ2n) is 5.59. The van der Waals surface area contributed by atoms with E-state index in [1.54, 1.807) is 0 Å². The molecule has 0 saturated heterocycles. The Kier molecular flexibility index (Phi) is 4.48. The highest BCUT2D eigenvalue weighted by Crippen LogP contribution is 2.39. The zero-order valence-corrected chi connectivity index (χ0v) is 11.8. The van der Waals surface area contributed by atoms with Gasteiger partial charge >= 0.3 is 0 Å². The molecule has 0 spiro atoms. The summed E-state index contributed by atoms with van der Waals surface area (Å²) in [7, 11) is 0. The van der Waals surface area contributed by atoms with Crippen molar-refractivity contribution in [3.05, 3.63) is 35.4 Å². The van der Waals surface area contributed by atoms with Gasteiger partial charge in [-0.15, -0.1) is 12.4 Å². The molecule has 2 saturated carbocycles. The van der Waals surface area contributed by atoms with E-state index in [4.69, 9.17) is 5.73 Å². The lowest BCUT2D eigenvalue weighted by atomic mass is 10.1. The topological polar surface area (TPSA) is 55.1 Å². The maximum Gasteiger partial charge on any atom is 0.251 e. The molecule has 2 aliphatic carbocycles. The van der Waals surface area contributed by atoms with Gasteiger partial charge in [-0.2, -0.15) is 0 Å². The van der Waals surface area contributed by atoms with Crippen molar-refractivity contribution in [2.24, 2.45) is 5.73 Å². The highest BCUT2D eigenvalue weighted by atomic mass is 35.5. The van der Waals surface area contributed by atoms with Crippen molar-refractivity contribution < 1.29 is 4.79 Å². The van der Waals surface area contributed by atoms with Crippen molar-refractivity contribution in [1.29, 1.82) is 0 Å². The quantitative estimate of drug-likeness (QED) is 0.894. The van der Waals surface area contributed by atoms with E-state index in [1.807, 2.05) is 18.2 Å². The summed E-state index contributed by atoms with van der Waals surface area (Å²) in [6.07, 6.45) is 5.77. The molecule has 2 aliphatic rings. The maximum absolute atomic E-state index is 12.1. The molecule has 1 amide bonds. The van der Waals surface area contributed by atoms with Crippen LogP contribution < -0.4 is 11.1 Å². The fraction of sp³-hybridized carbons (Fsp3) is 0.533. The predicted octanol–water partition coefficient (Wildman–Crippen LogP) is 2.60. The summed E-state index contributed by atoms with van der Waals surface area (Å²) in [5, 5.41) is 3.12. The molecule has 4 heteroatoms. The van der Waals surface area contributed by atoms with Gasteiger partial charge in [0.15, 0.2) is 0 Å². The Labute approximate surface area is 120 Å². The smallest absolute Gasteiger partial charge is 0.251 e. The molecule has 0 unspecified atom stereocenters. The second kappa shape index (κ2) is 5.93. The molecule has 104 valence electrons. The minimum Gasteiger partial charge on any atom is -0.349 e. The first kappa shape index (κ1) is 14.4. The molecule has 3 rings (SSSR count). The molecular weight excluding hydrogens is 260 g/mol. The Balaban J connectivity index is 0.00000133. The Hall–Kier alpha value is -1.06.